The summed E-state index contributed by atoms with van der Waals surface area (Å²) in [6.45, 7) is 0. The second-order valence-electron chi connectivity index (χ2n) is 5.80. The zero-order chi connectivity index (χ0) is 14.1. The Morgan fingerprint density at radius 3 is 2.64 bits per heavy atom. The van der Waals surface area contributed by atoms with Gasteiger partial charge in [0.15, 0.2) is 0 Å². The lowest BCUT2D eigenvalue weighted by Gasteiger charge is -2.28. The lowest BCUT2D eigenvalue weighted by Crippen LogP contribution is -2.26. The molecule has 0 spiro atoms. The third kappa shape index (κ3) is 2.84. The molecular formula is C17H23N5. The number of hydrogen-bond donors (Lipinski definition) is 3. The minimum absolute atomic E-state index is 0. The monoisotopic (exact) mass is 297 g/mol. The summed E-state index contributed by atoms with van der Waals surface area (Å²) in [5.74, 6) is 1.52. The molecule has 1 aliphatic rings. The molecule has 1 saturated carbocycles. The number of nitrogens with one attached hydrogen (secondary N) is 3. The minimum Gasteiger partial charge on any atom is -0.353 e. The summed E-state index contributed by atoms with van der Waals surface area (Å²) in [6, 6.07) is 8.64. The van der Waals surface area contributed by atoms with Gasteiger partial charge in [0.1, 0.15) is 0 Å². The van der Waals surface area contributed by atoms with Crippen molar-refractivity contribution in [2.24, 2.45) is 0 Å². The highest BCUT2D eigenvalue weighted by molar-refractivity contribution is 5.77. The number of anilines is 1. The van der Waals surface area contributed by atoms with Gasteiger partial charge in [0, 0.05) is 23.9 Å². The van der Waals surface area contributed by atoms with E-state index in [1.54, 1.807) is 6.33 Å². The van der Waals surface area contributed by atoms with E-state index in [4.69, 9.17) is 0 Å². The van der Waals surface area contributed by atoms with Crippen molar-refractivity contribution >= 4 is 17.0 Å². The van der Waals surface area contributed by atoms with Crippen molar-refractivity contribution in [3.63, 3.8) is 0 Å². The van der Waals surface area contributed by atoms with E-state index in [2.05, 4.69) is 31.3 Å². The molecule has 0 radical (unpaired) electrons. The van der Waals surface area contributed by atoms with Crippen molar-refractivity contribution in [3.05, 3.63) is 42.5 Å². The Kier molecular flexibility index (Phi) is 4.13. The van der Waals surface area contributed by atoms with Crippen molar-refractivity contribution in [1.82, 2.24) is 19.9 Å². The number of fused-ring (bicyclic) bond motifs is 1. The van der Waals surface area contributed by atoms with E-state index < -0.39 is 0 Å². The Bertz CT molecular complexity index is 675. The molecule has 0 unspecified atom stereocenters. The molecule has 2 heterocycles. The molecule has 4 rings (SSSR count). The van der Waals surface area contributed by atoms with E-state index in [0.29, 0.717) is 12.0 Å². The molecule has 116 valence electrons. The van der Waals surface area contributed by atoms with Crippen LogP contribution in [0, 0.1) is 0 Å². The average Bonchev–Trinajstić information content (AvgIpc) is 3.17. The highest BCUT2D eigenvalue weighted by atomic mass is 15.1. The first kappa shape index (κ1) is 14.6. The topological polar surface area (TPSA) is 69.4 Å². The fourth-order valence-electron chi connectivity index (χ4n) is 3.25. The summed E-state index contributed by atoms with van der Waals surface area (Å²) in [5.41, 5.74) is 3.38. The molecule has 5 heteroatoms. The lowest BCUT2D eigenvalue weighted by molar-refractivity contribution is 0.406. The van der Waals surface area contributed by atoms with Gasteiger partial charge in [0.05, 0.1) is 17.4 Å². The van der Waals surface area contributed by atoms with E-state index in [0.717, 1.165) is 17.0 Å². The second kappa shape index (κ2) is 6.22. The molecule has 0 amide bonds. The van der Waals surface area contributed by atoms with Gasteiger partial charge < -0.3 is 15.3 Å². The van der Waals surface area contributed by atoms with Crippen molar-refractivity contribution < 1.29 is 0 Å². The Balaban J connectivity index is 0.00000144. The van der Waals surface area contributed by atoms with Crippen molar-refractivity contribution in [2.45, 2.75) is 45.1 Å². The number of para-hydroxylation sites is 2. The zero-order valence-electron chi connectivity index (χ0n) is 11.8. The van der Waals surface area contributed by atoms with Crippen molar-refractivity contribution in [1.29, 1.82) is 0 Å². The first-order chi connectivity index (χ1) is 10.4. The second-order valence-corrected chi connectivity index (χ2v) is 5.80. The Morgan fingerprint density at radius 1 is 1.09 bits per heavy atom. The number of nitrogens with zero attached hydrogens (tertiary/aromatic N) is 2. The quantitative estimate of drug-likeness (QED) is 0.683. The molecule has 0 bridgehead atoms. The Hall–Kier alpha value is -2.30. The SMILES string of the molecule is C.c1ccc2[nH]c(NC3CCC(c4cnc[nH]4)CC3)nc2c1. The highest BCUT2D eigenvalue weighted by Crippen LogP contribution is 2.32. The zero-order valence-corrected chi connectivity index (χ0v) is 11.8. The van der Waals surface area contributed by atoms with Gasteiger partial charge in [-0.3, -0.25) is 0 Å². The van der Waals surface area contributed by atoms with Gasteiger partial charge in [-0.15, -0.1) is 0 Å². The number of aromatic amines is 2. The molecule has 2 aromatic heterocycles. The predicted octanol–water partition coefficient (Wildman–Crippen LogP) is 4.06. The van der Waals surface area contributed by atoms with Crippen LogP contribution in [0.15, 0.2) is 36.8 Å². The predicted molar refractivity (Wildman–Crippen MR) is 90.0 cm³/mol. The summed E-state index contributed by atoms with van der Waals surface area (Å²) >= 11 is 0. The normalized spacial score (nSPS) is 21.5. The van der Waals surface area contributed by atoms with Crippen LogP contribution in [0.2, 0.25) is 0 Å². The molecule has 22 heavy (non-hydrogen) atoms. The van der Waals surface area contributed by atoms with E-state index >= 15 is 0 Å². The molecule has 0 aliphatic heterocycles. The summed E-state index contributed by atoms with van der Waals surface area (Å²) in [7, 11) is 0. The highest BCUT2D eigenvalue weighted by Gasteiger charge is 2.23. The molecular weight excluding hydrogens is 274 g/mol. The van der Waals surface area contributed by atoms with Crippen molar-refractivity contribution in [2.75, 3.05) is 5.32 Å². The molecule has 1 aromatic carbocycles. The van der Waals surface area contributed by atoms with E-state index in [9.17, 15) is 0 Å². The lowest BCUT2D eigenvalue weighted by atomic mass is 9.84. The van der Waals surface area contributed by atoms with Gasteiger partial charge >= 0.3 is 0 Å². The fourth-order valence-corrected chi connectivity index (χ4v) is 3.25. The van der Waals surface area contributed by atoms with Crippen LogP contribution in [0.1, 0.15) is 44.7 Å². The van der Waals surface area contributed by atoms with E-state index in [-0.39, 0.29) is 7.43 Å². The van der Waals surface area contributed by atoms with Crippen LogP contribution in [0.3, 0.4) is 0 Å². The van der Waals surface area contributed by atoms with Crippen LogP contribution >= 0.6 is 0 Å². The summed E-state index contributed by atoms with van der Waals surface area (Å²) < 4.78 is 0. The third-order valence-corrected chi connectivity index (χ3v) is 4.42. The van der Waals surface area contributed by atoms with Crippen molar-refractivity contribution in [3.8, 4) is 0 Å². The van der Waals surface area contributed by atoms with Gasteiger partial charge in [0.25, 0.3) is 0 Å². The molecule has 3 N–H and O–H groups in total. The molecule has 1 aliphatic carbocycles. The van der Waals surface area contributed by atoms with Crippen LogP contribution in [0.4, 0.5) is 5.95 Å². The first-order valence-electron chi connectivity index (χ1n) is 7.58. The van der Waals surface area contributed by atoms with Gasteiger partial charge in [-0.25, -0.2) is 9.97 Å². The first-order valence-corrected chi connectivity index (χ1v) is 7.58. The van der Waals surface area contributed by atoms with Crippen LogP contribution < -0.4 is 5.32 Å². The number of hydrogen-bond acceptors (Lipinski definition) is 3. The maximum Gasteiger partial charge on any atom is 0.201 e. The number of aromatic nitrogens is 4. The van der Waals surface area contributed by atoms with Crippen LogP contribution in [-0.4, -0.2) is 26.0 Å². The van der Waals surface area contributed by atoms with Gasteiger partial charge in [-0.2, -0.15) is 0 Å². The Morgan fingerprint density at radius 2 is 1.91 bits per heavy atom. The number of benzene rings is 1. The molecule has 5 nitrogen and oxygen atoms in total. The third-order valence-electron chi connectivity index (χ3n) is 4.42. The molecule has 3 aromatic rings. The molecule has 0 atom stereocenters. The fraction of sp³-hybridized carbons (Fsp3) is 0.412. The average molecular weight is 297 g/mol. The maximum absolute atomic E-state index is 4.59. The summed E-state index contributed by atoms with van der Waals surface area (Å²) in [4.78, 5) is 15.3. The van der Waals surface area contributed by atoms with Crippen LogP contribution in [0.5, 0.6) is 0 Å². The smallest absolute Gasteiger partial charge is 0.201 e. The number of H-pyrrole nitrogens is 2. The number of rotatable bonds is 3. The standard InChI is InChI=1S/C16H19N5.CH4/c1-2-4-14-13(3-1)20-16(21-14)19-12-7-5-11(6-8-12)15-9-17-10-18-15;/h1-4,9-12H,5-8H2,(H,17,18)(H2,19,20,21);1H4. The van der Waals surface area contributed by atoms with E-state index in [1.165, 1.54) is 31.4 Å². The van der Waals surface area contributed by atoms with Gasteiger partial charge in [-0.1, -0.05) is 19.6 Å². The maximum atomic E-state index is 4.59. The molecule has 0 saturated heterocycles. The van der Waals surface area contributed by atoms with Crippen LogP contribution in [-0.2, 0) is 0 Å². The van der Waals surface area contributed by atoms with E-state index in [1.807, 2.05) is 24.4 Å². The summed E-state index contributed by atoms with van der Waals surface area (Å²) in [5, 5.41) is 3.54. The van der Waals surface area contributed by atoms with Gasteiger partial charge in [-0.05, 0) is 37.8 Å². The minimum atomic E-state index is 0. The van der Waals surface area contributed by atoms with Gasteiger partial charge in [0.2, 0.25) is 5.95 Å². The summed E-state index contributed by atoms with van der Waals surface area (Å²) in [6.07, 6.45) is 8.45. The Labute approximate surface area is 130 Å². The largest absolute Gasteiger partial charge is 0.353 e. The number of imidazole rings is 2. The van der Waals surface area contributed by atoms with Crippen LogP contribution in [0.25, 0.3) is 11.0 Å². The molecule has 1 fully saturated rings.